The Morgan fingerprint density at radius 3 is 2.33 bits per heavy atom. The molecule has 0 aromatic heterocycles. The molecule has 1 aromatic carbocycles. The lowest BCUT2D eigenvalue weighted by atomic mass is 9.95. The van der Waals surface area contributed by atoms with Gasteiger partial charge in [-0.2, -0.15) is 0 Å². The Kier molecular flexibility index (Phi) is 4.09. The Hall–Kier alpha value is -2.70. The van der Waals surface area contributed by atoms with E-state index in [1.807, 2.05) is 0 Å². The van der Waals surface area contributed by atoms with Crippen LogP contribution in [0.3, 0.4) is 0 Å². The van der Waals surface area contributed by atoms with Crippen LogP contribution in [-0.4, -0.2) is 53.6 Å². The maximum absolute atomic E-state index is 12.4. The van der Waals surface area contributed by atoms with Crippen molar-refractivity contribution in [2.45, 2.75) is 19.8 Å². The number of nitrogens with one attached hydrogen (secondary N) is 1. The Morgan fingerprint density at radius 2 is 1.71 bits per heavy atom. The number of benzene rings is 1. The maximum Gasteiger partial charge on any atom is 0.261 e. The van der Waals surface area contributed by atoms with Gasteiger partial charge in [0.1, 0.15) is 0 Å². The summed E-state index contributed by atoms with van der Waals surface area (Å²) in [4.78, 5) is 50.4. The van der Waals surface area contributed by atoms with Crippen LogP contribution in [0, 0.1) is 5.92 Å². The minimum atomic E-state index is -0.360. The molecule has 0 atom stereocenters. The molecule has 1 N–H and O–H groups in total. The van der Waals surface area contributed by atoms with Crippen LogP contribution in [-0.2, 0) is 9.59 Å². The molecule has 24 heavy (non-hydrogen) atoms. The molecule has 7 nitrogen and oxygen atoms in total. The Labute approximate surface area is 139 Å². The van der Waals surface area contributed by atoms with Gasteiger partial charge in [-0.25, -0.2) is 0 Å². The van der Waals surface area contributed by atoms with Gasteiger partial charge in [-0.3, -0.25) is 24.1 Å². The van der Waals surface area contributed by atoms with Crippen molar-refractivity contribution in [3.63, 3.8) is 0 Å². The smallest absolute Gasteiger partial charge is 0.261 e. The van der Waals surface area contributed by atoms with Gasteiger partial charge in [0, 0.05) is 38.7 Å². The molecule has 2 aliphatic heterocycles. The molecule has 0 bridgehead atoms. The topological polar surface area (TPSA) is 86.8 Å². The maximum atomic E-state index is 12.4. The fraction of sp³-hybridized carbons (Fsp3) is 0.412. The molecule has 0 aliphatic carbocycles. The van der Waals surface area contributed by atoms with E-state index in [1.165, 1.54) is 14.0 Å². The van der Waals surface area contributed by atoms with Crippen LogP contribution in [0.1, 0.15) is 40.5 Å². The molecule has 126 valence electrons. The molecule has 2 aliphatic rings. The number of carbonyl (C=O) groups excluding carboxylic acids is 4. The van der Waals surface area contributed by atoms with E-state index in [0.717, 1.165) is 4.90 Å². The Bertz CT molecular complexity index is 735. The first kappa shape index (κ1) is 16.2. The van der Waals surface area contributed by atoms with E-state index < -0.39 is 0 Å². The summed E-state index contributed by atoms with van der Waals surface area (Å²) in [5.41, 5.74) is 1.17. The van der Waals surface area contributed by atoms with Crippen molar-refractivity contribution in [2.75, 3.05) is 25.5 Å². The summed E-state index contributed by atoms with van der Waals surface area (Å²) >= 11 is 0. The first-order valence-electron chi connectivity index (χ1n) is 7.91. The molecule has 1 aromatic rings. The zero-order chi connectivity index (χ0) is 17.4. The molecule has 0 saturated carbocycles. The van der Waals surface area contributed by atoms with E-state index in [9.17, 15) is 19.2 Å². The summed E-state index contributed by atoms with van der Waals surface area (Å²) in [5, 5.41) is 2.81. The number of fused-ring (bicyclic) bond motifs is 1. The number of amides is 4. The second-order valence-electron chi connectivity index (χ2n) is 6.20. The van der Waals surface area contributed by atoms with Crippen molar-refractivity contribution in [1.82, 2.24) is 9.80 Å². The minimum Gasteiger partial charge on any atom is -0.343 e. The molecular weight excluding hydrogens is 310 g/mol. The first-order valence-corrected chi connectivity index (χ1v) is 7.91. The average molecular weight is 329 g/mol. The third-order valence-corrected chi connectivity index (χ3v) is 4.67. The summed E-state index contributed by atoms with van der Waals surface area (Å²) in [5.74, 6) is -0.942. The number of hydrogen-bond acceptors (Lipinski definition) is 4. The summed E-state index contributed by atoms with van der Waals surface area (Å²) < 4.78 is 0. The number of rotatable bonds is 2. The van der Waals surface area contributed by atoms with Crippen molar-refractivity contribution in [3.05, 3.63) is 29.3 Å². The van der Waals surface area contributed by atoms with Crippen LogP contribution in [0.2, 0.25) is 0 Å². The summed E-state index contributed by atoms with van der Waals surface area (Å²) in [7, 11) is 1.44. The standard InChI is InChI=1S/C17H19N3O4/c1-10(21)20-7-5-11(6-8-20)15(22)18-12-3-4-13-14(9-12)17(24)19(2)16(13)23/h3-4,9,11H,5-8H2,1-2H3,(H,18,22). The SMILES string of the molecule is CC(=O)N1CCC(C(=O)Nc2ccc3c(c2)C(=O)N(C)C3=O)CC1. The van der Waals surface area contributed by atoms with Crippen molar-refractivity contribution >= 4 is 29.3 Å². The van der Waals surface area contributed by atoms with Crippen LogP contribution in [0.15, 0.2) is 18.2 Å². The lowest BCUT2D eigenvalue weighted by Gasteiger charge is -2.30. The molecule has 4 amide bonds. The van der Waals surface area contributed by atoms with Crippen LogP contribution >= 0.6 is 0 Å². The van der Waals surface area contributed by atoms with Gasteiger partial charge in [-0.05, 0) is 31.0 Å². The first-order chi connectivity index (χ1) is 11.4. The summed E-state index contributed by atoms with van der Waals surface area (Å²) in [6.45, 7) is 2.69. The van der Waals surface area contributed by atoms with Crippen LogP contribution in [0.25, 0.3) is 0 Å². The van der Waals surface area contributed by atoms with Crippen LogP contribution in [0.5, 0.6) is 0 Å². The van der Waals surface area contributed by atoms with Gasteiger partial charge in [0.15, 0.2) is 0 Å². The number of anilines is 1. The predicted octanol–water partition coefficient (Wildman–Crippen LogP) is 1.11. The van der Waals surface area contributed by atoms with Crippen molar-refractivity contribution in [3.8, 4) is 0 Å². The van der Waals surface area contributed by atoms with E-state index in [4.69, 9.17) is 0 Å². The zero-order valence-electron chi connectivity index (χ0n) is 13.7. The van der Waals surface area contributed by atoms with E-state index in [0.29, 0.717) is 42.7 Å². The highest BCUT2D eigenvalue weighted by Gasteiger charge is 2.33. The third-order valence-electron chi connectivity index (χ3n) is 4.67. The molecular formula is C17H19N3O4. The van der Waals surface area contributed by atoms with Gasteiger partial charge in [0.05, 0.1) is 11.1 Å². The highest BCUT2D eigenvalue weighted by molar-refractivity contribution is 6.21. The lowest BCUT2D eigenvalue weighted by molar-refractivity contribution is -0.132. The van der Waals surface area contributed by atoms with Gasteiger partial charge in [-0.1, -0.05) is 0 Å². The summed E-state index contributed by atoms with van der Waals surface area (Å²) in [6.07, 6.45) is 1.24. The summed E-state index contributed by atoms with van der Waals surface area (Å²) in [6, 6.07) is 4.74. The number of carbonyl (C=O) groups is 4. The van der Waals surface area contributed by atoms with Crippen molar-refractivity contribution in [2.24, 2.45) is 5.92 Å². The number of hydrogen-bond donors (Lipinski definition) is 1. The number of likely N-dealkylation sites (tertiary alicyclic amines) is 1. The highest BCUT2D eigenvalue weighted by atomic mass is 16.2. The lowest BCUT2D eigenvalue weighted by Crippen LogP contribution is -2.40. The van der Waals surface area contributed by atoms with Gasteiger partial charge in [0.2, 0.25) is 11.8 Å². The van der Waals surface area contributed by atoms with Crippen LogP contribution in [0.4, 0.5) is 5.69 Å². The van der Waals surface area contributed by atoms with E-state index in [2.05, 4.69) is 5.32 Å². The second-order valence-corrected chi connectivity index (χ2v) is 6.20. The second kappa shape index (κ2) is 6.07. The fourth-order valence-corrected chi connectivity index (χ4v) is 3.14. The van der Waals surface area contributed by atoms with E-state index in [-0.39, 0.29) is 29.5 Å². The van der Waals surface area contributed by atoms with Gasteiger partial charge in [-0.15, -0.1) is 0 Å². The molecule has 7 heteroatoms. The van der Waals surface area contributed by atoms with Crippen molar-refractivity contribution < 1.29 is 19.2 Å². The quantitative estimate of drug-likeness (QED) is 0.824. The predicted molar refractivity (Wildman–Crippen MR) is 86.5 cm³/mol. The van der Waals surface area contributed by atoms with Crippen molar-refractivity contribution in [1.29, 1.82) is 0 Å². The molecule has 0 spiro atoms. The number of imide groups is 1. The average Bonchev–Trinajstić information content (AvgIpc) is 2.79. The van der Waals surface area contributed by atoms with Gasteiger partial charge < -0.3 is 10.2 Å². The minimum absolute atomic E-state index is 0.0276. The number of nitrogens with zero attached hydrogens (tertiary/aromatic N) is 2. The van der Waals surface area contributed by atoms with E-state index in [1.54, 1.807) is 23.1 Å². The molecule has 0 radical (unpaired) electrons. The molecule has 0 unspecified atom stereocenters. The molecule has 3 rings (SSSR count). The van der Waals surface area contributed by atoms with Gasteiger partial charge in [0.25, 0.3) is 11.8 Å². The zero-order valence-corrected chi connectivity index (χ0v) is 13.7. The number of piperidine rings is 1. The fourth-order valence-electron chi connectivity index (χ4n) is 3.14. The molecule has 1 fully saturated rings. The largest absolute Gasteiger partial charge is 0.343 e. The normalized spacial score (nSPS) is 17.9. The monoisotopic (exact) mass is 329 g/mol. The molecule has 1 saturated heterocycles. The molecule has 2 heterocycles. The van der Waals surface area contributed by atoms with Crippen LogP contribution < -0.4 is 5.32 Å². The third kappa shape index (κ3) is 2.77. The van der Waals surface area contributed by atoms with Gasteiger partial charge >= 0.3 is 0 Å². The Morgan fingerprint density at radius 1 is 1.08 bits per heavy atom. The Balaban J connectivity index is 1.67. The highest BCUT2D eigenvalue weighted by Crippen LogP contribution is 2.26. The van der Waals surface area contributed by atoms with E-state index >= 15 is 0 Å².